The zero-order chi connectivity index (χ0) is 13.8. The van der Waals surface area contributed by atoms with Crippen molar-refractivity contribution in [3.8, 4) is 0 Å². The monoisotopic (exact) mass is 262 g/mol. The molecular formula is C11H17F3N4. The molecule has 0 unspecified atom stereocenters. The van der Waals surface area contributed by atoms with Gasteiger partial charge in [-0.05, 0) is 20.9 Å². The molecule has 0 amide bonds. The molecule has 1 aromatic rings. The number of anilines is 1. The van der Waals surface area contributed by atoms with Crippen LogP contribution in [0.5, 0.6) is 0 Å². The van der Waals surface area contributed by atoms with Crippen molar-refractivity contribution in [2.24, 2.45) is 0 Å². The first-order chi connectivity index (χ1) is 8.33. The number of halogens is 3. The van der Waals surface area contributed by atoms with Crippen molar-refractivity contribution in [3.63, 3.8) is 0 Å². The van der Waals surface area contributed by atoms with Crippen molar-refractivity contribution < 1.29 is 13.2 Å². The number of nitrogens with zero attached hydrogens (tertiary/aromatic N) is 3. The van der Waals surface area contributed by atoms with E-state index in [1.54, 1.807) is 20.9 Å². The second kappa shape index (κ2) is 5.99. The van der Waals surface area contributed by atoms with E-state index in [1.165, 1.54) is 17.3 Å². The molecule has 1 N–H and O–H groups in total. The van der Waals surface area contributed by atoms with Gasteiger partial charge in [-0.1, -0.05) is 0 Å². The summed E-state index contributed by atoms with van der Waals surface area (Å²) in [6, 6.07) is -0.295. The fourth-order valence-corrected chi connectivity index (χ4v) is 1.49. The molecule has 0 radical (unpaired) electrons. The van der Waals surface area contributed by atoms with Crippen molar-refractivity contribution in [2.45, 2.75) is 32.6 Å². The summed E-state index contributed by atoms with van der Waals surface area (Å²) in [5, 5.41) is 2.90. The lowest BCUT2D eigenvalue weighted by atomic mass is 10.3. The number of hydrogen-bond donors (Lipinski definition) is 1. The summed E-state index contributed by atoms with van der Waals surface area (Å²) in [5.74, 6) is 0.238. The summed E-state index contributed by atoms with van der Waals surface area (Å²) in [7, 11) is 1.76. The highest BCUT2D eigenvalue weighted by molar-refractivity contribution is 5.37. The van der Waals surface area contributed by atoms with Gasteiger partial charge in [0.25, 0.3) is 0 Å². The maximum atomic E-state index is 12.5. The van der Waals surface area contributed by atoms with E-state index in [1.807, 2.05) is 0 Å². The summed E-state index contributed by atoms with van der Waals surface area (Å²) in [6.45, 7) is 2.89. The van der Waals surface area contributed by atoms with E-state index in [-0.39, 0.29) is 11.9 Å². The van der Waals surface area contributed by atoms with E-state index in [4.69, 9.17) is 0 Å². The van der Waals surface area contributed by atoms with Crippen molar-refractivity contribution in [3.05, 3.63) is 18.1 Å². The number of aromatic nitrogens is 2. The summed E-state index contributed by atoms with van der Waals surface area (Å²) in [5.41, 5.74) is 0.692. The molecule has 1 heterocycles. The van der Waals surface area contributed by atoms with Crippen LogP contribution in [0.2, 0.25) is 0 Å². The van der Waals surface area contributed by atoms with Crippen molar-refractivity contribution in [2.75, 3.05) is 18.5 Å². The van der Waals surface area contributed by atoms with Crippen molar-refractivity contribution in [1.29, 1.82) is 0 Å². The molecule has 0 saturated carbocycles. The number of hydrogen-bond acceptors (Lipinski definition) is 4. The van der Waals surface area contributed by atoms with Gasteiger partial charge >= 0.3 is 6.18 Å². The van der Waals surface area contributed by atoms with Crippen LogP contribution in [0.1, 0.15) is 19.5 Å². The quantitative estimate of drug-likeness (QED) is 0.881. The van der Waals surface area contributed by atoms with Crippen LogP contribution in [-0.2, 0) is 6.54 Å². The van der Waals surface area contributed by atoms with Gasteiger partial charge in [0.1, 0.15) is 12.4 Å². The summed E-state index contributed by atoms with van der Waals surface area (Å²) in [6.07, 6.45) is -1.40. The van der Waals surface area contributed by atoms with Crippen LogP contribution >= 0.6 is 0 Å². The first kappa shape index (κ1) is 14.7. The smallest absolute Gasteiger partial charge is 0.344 e. The van der Waals surface area contributed by atoms with Crippen LogP contribution in [0.15, 0.2) is 12.4 Å². The molecule has 0 aliphatic carbocycles. The Bertz CT molecular complexity index is 362. The molecule has 1 rings (SSSR count). The zero-order valence-corrected chi connectivity index (χ0v) is 10.6. The Morgan fingerprint density at radius 1 is 1.28 bits per heavy atom. The normalized spacial score (nSPS) is 11.9. The lowest BCUT2D eigenvalue weighted by Gasteiger charge is -2.28. The van der Waals surface area contributed by atoms with Crippen LogP contribution in [0, 0.1) is 0 Å². The third kappa shape index (κ3) is 4.48. The van der Waals surface area contributed by atoms with Gasteiger partial charge in [0, 0.05) is 12.6 Å². The van der Waals surface area contributed by atoms with Gasteiger partial charge in [-0.15, -0.1) is 0 Å². The highest BCUT2D eigenvalue weighted by atomic mass is 19.4. The van der Waals surface area contributed by atoms with Crippen LogP contribution in [-0.4, -0.2) is 35.8 Å². The topological polar surface area (TPSA) is 41.1 Å². The summed E-state index contributed by atoms with van der Waals surface area (Å²) >= 11 is 0. The molecule has 0 bridgehead atoms. The molecule has 0 spiro atoms. The summed E-state index contributed by atoms with van der Waals surface area (Å²) < 4.78 is 37.4. The highest BCUT2D eigenvalue weighted by Gasteiger charge is 2.32. The molecule has 0 aromatic carbocycles. The number of alkyl halides is 3. The van der Waals surface area contributed by atoms with E-state index in [0.717, 1.165) is 0 Å². The van der Waals surface area contributed by atoms with Crippen LogP contribution in [0.3, 0.4) is 0 Å². The molecule has 1 aromatic heterocycles. The largest absolute Gasteiger partial charge is 0.405 e. The van der Waals surface area contributed by atoms with Gasteiger partial charge in [0.2, 0.25) is 0 Å². The fraction of sp³-hybridized carbons (Fsp3) is 0.636. The first-order valence-electron chi connectivity index (χ1n) is 5.62. The predicted molar refractivity (Wildman–Crippen MR) is 63.3 cm³/mol. The van der Waals surface area contributed by atoms with E-state index in [0.29, 0.717) is 12.2 Å². The Balaban J connectivity index is 2.86. The average Bonchev–Trinajstić information content (AvgIpc) is 2.26. The lowest BCUT2D eigenvalue weighted by molar-refractivity contribution is -0.120. The van der Waals surface area contributed by atoms with E-state index < -0.39 is 12.7 Å². The van der Waals surface area contributed by atoms with Crippen LogP contribution in [0.25, 0.3) is 0 Å². The fourth-order valence-electron chi connectivity index (χ4n) is 1.49. The van der Waals surface area contributed by atoms with Gasteiger partial charge in [0.05, 0.1) is 18.1 Å². The SMILES string of the molecule is CNCc1cnc(N(CC(F)(F)F)C(C)C)cn1. The minimum absolute atomic E-state index is 0.238. The Morgan fingerprint density at radius 3 is 2.33 bits per heavy atom. The minimum atomic E-state index is -4.25. The van der Waals surface area contributed by atoms with Crippen LogP contribution < -0.4 is 10.2 Å². The standard InChI is InChI=1S/C11H17F3N4/c1-8(2)18(7-11(12,13)14)10-6-16-9(4-15-3)5-17-10/h5-6,8,15H,4,7H2,1-3H3. The van der Waals surface area contributed by atoms with E-state index in [2.05, 4.69) is 15.3 Å². The second-order valence-corrected chi connectivity index (χ2v) is 4.23. The predicted octanol–water partition coefficient (Wildman–Crippen LogP) is 1.97. The van der Waals surface area contributed by atoms with E-state index >= 15 is 0 Å². The number of rotatable bonds is 5. The van der Waals surface area contributed by atoms with Gasteiger partial charge in [-0.25, -0.2) is 4.98 Å². The molecule has 0 aliphatic heterocycles. The van der Waals surface area contributed by atoms with Gasteiger partial charge in [0.15, 0.2) is 0 Å². The first-order valence-corrected chi connectivity index (χ1v) is 5.62. The average molecular weight is 262 g/mol. The zero-order valence-electron chi connectivity index (χ0n) is 10.6. The maximum Gasteiger partial charge on any atom is 0.405 e. The molecule has 102 valence electrons. The van der Waals surface area contributed by atoms with Gasteiger partial charge < -0.3 is 10.2 Å². The molecular weight excluding hydrogens is 245 g/mol. The second-order valence-electron chi connectivity index (χ2n) is 4.23. The third-order valence-electron chi connectivity index (χ3n) is 2.32. The van der Waals surface area contributed by atoms with Crippen LogP contribution in [0.4, 0.5) is 19.0 Å². The molecule has 0 fully saturated rings. The molecule has 0 aliphatic rings. The van der Waals surface area contributed by atoms with E-state index in [9.17, 15) is 13.2 Å². The molecule has 0 atom stereocenters. The molecule has 4 nitrogen and oxygen atoms in total. The lowest BCUT2D eigenvalue weighted by Crippen LogP contribution is -2.39. The molecule has 0 saturated heterocycles. The minimum Gasteiger partial charge on any atom is -0.344 e. The molecule has 18 heavy (non-hydrogen) atoms. The van der Waals surface area contributed by atoms with Crippen molar-refractivity contribution in [1.82, 2.24) is 15.3 Å². The highest BCUT2D eigenvalue weighted by Crippen LogP contribution is 2.22. The van der Waals surface area contributed by atoms with Gasteiger partial charge in [-0.2, -0.15) is 13.2 Å². The third-order valence-corrected chi connectivity index (χ3v) is 2.32. The maximum absolute atomic E-state index is 12.5. The molecule has 7 heteroatoms. The van der Waals surface area contributed by atoms with Gasteiger partial charge in [-0.3, -0.25) is 4.98 Å². The Morgan fingerprint density at radius 2 is 1.94 bits per heavy atom. The summed E-state index contributed by atoms with van der Waals surface area (Å²) in [4.78, 5) is 9.27. The van der Waals surface area contributed by atoms with Crippen molar-refractivity contribution >= 4 is 5.82 Å². The Hall–Kier alpha value is -1.37. The Labute approximate surface area is 104 Å². The number of nitrogens with one attached hydrogen (secondary N) is 1. The Kier molecular flexibility index (Phi) is 4.89.